The molecule has 0 spiro atoms. The van der Waals surface area contributed by atoms with E-state index in [0.717, 1.165) is 37.1 Å². The highest BCUT2D eigenvalue weighted by molar-refractivity contribution is 5.89. The van der Waals surface area contributed by atoms with Crippen molar-refractivity contribution in [2.75, 3.05) is 38.6 Å². The van der Waals surface area contributed by atoms with Gasteiger partial charge in [-0.25, -0.2) is 4.79 Å². The molecule has 2 fully saturated rings. The summed E-state index contributed by atoms with van der Waals surface area (Å²) in [5.74, 6) is 1.30. The largest absolute Gasteiger partial charge is 0.497 e. The Labute approximate surface area is 215 Å². The summed E-state index contributed by atoms with van der Waals surface area (Å²) in [6.45, 7) is 4.75. The molecule has 7 heteroatoms. The summed E-state index contributed by atoms with van der Waals surface area (Å²) in [7, 11) is 1.62. The van der Waals surface area contributed by atoms with Gasteiger partial charge >= 0.3 is 6.03 Å². The highest BCUT2D eigenvalue weighted by Crippen LogP contribution is 2.31. The van der Waals surface area contributed by atoms with Gasteiger partial charge in [0.1, 0.15) is 5.75 Å². The number of nitrogens with zero attached hydrogens (tertiary/aromatic N) is 2. The van der Waals surface area contributed by atoms with Crippen molar-refractivity contribution in [1.82, 2.24) is 15.1 Å². The van der Waals surface area contributed by atoms with Gasteiger partial charge in [-0.15, -0.1) is 0 Å². The number of anilines is 1. The van der Waals surface area contributed by atoms with Crippen molar-refractivity contribution in [1.29, 1.82) is 0 Å². The van der Waals surface area contributed by atoms with Crippen LogP contribution < -0.4 is 15.4 Å². The lowest BCUT2D eigenvalue weighted by Gasteiger charge is -2.41. The Morgan fingerprint density at radius 3 is 2.28 bits per heavy atom. The number of aryl methyl sites for hydroxylation is 1. The van der Waals surface area contributed by atoms with E-state index in [-0.39, 0.29) is 24.0 Å². The molecule has 194 valence electrons. The SMILES string of the molecule is COc1ccc(NC(=O)N2CCN([C@@H](C(=O)N[C@@H](C)CCc3ccccc3)C3CCCC3)CC2)cc1. The van der Waals surface area contributed by atoms with Gasteiger partial charge < -0.3 is 20.3 Å². The summed E-state index contributed by atoms with van der Waals surface area (Å²) >= 11 is 0. The normalized spacial score (nSPS) is 18.4. The van der Waals surface area contributed by atoms with Crippen molar-refractivity contribution in [3.05, 3.63) is 60.2 Å². The van der Waals surface area contributed by atoms with E-state index in [1.165, 1.54) is 18.4 Å². The Hall–Kier alpha value is -3.06. The van der Waals surface area contributed by atoms with Crippen LogP contribution in [0.25, 0.3) is 0 Å². The minimum absolute atomic E-state index is 0.101. The lowest BCUT2D eigenvalue weighted by molar-refractivity contribution is -0.129. The Bertz CT molecular complexity index is 968. The Kier molecular flexibility index (Phi) is 9.23. The summed E-state index contributed by atoms with van der Waals surface area (Å²) in [4.78, 5) is 30.5. The molecule has 0 bridgehead atoms. The molecule has 2 atom stereocenters. The van der Waals surface area contributed by atoms with Crippen LogP contribution in [0, 0.1) is 5.92 Å². The van der Waals surface area contributed by atoms with E-state index >= 15 is 0 Å². The van der Waals surface area contributed by atoms with Gasteiger partial charge in [0, 0.05) is 37.9 Å². The molecular weight excluding hydrogens is 452 g/mol. The molecule has 2 N–H and O–H groups in total. The van der Waals surface area contributed by atoms with E-state index in [1.807, 2.05) is 35.2 Å². The number of benzene rings is 2. The Morgan fingerprint density at radius 1 is 0.972 bits per heavy atom. The van der Waals surface area contributed by atoms with Crippen molar-refractivity contribution < 1.29 is 14.3 Å². The molecule has 0 radical (unpaired) electrons. The molecule has 0 aromatic heterocycles. The molecule has 36 heavy (non-hydrogen) atoms. The lowest BCUT2D eigenvalue weighted by Crippen LogP contribution is -2.59. The van der Waals surface area contributed by atoms with Crippen LogP contribution in [-0.4, -0.2) is 67.1 Å². The summed E-state index contributed by atoms with van der Waals surface area (Å²) in [6, 6.07) is 17.7. The zero-order chi connectivity index (χ0) is 25.3. The predicted octanol–water partition coefficient (Wildman–Crippen LogP) is 4.54. The molecule has 1 heterocycles. The molecule has 1 saturated heterocycles. The average Bonchev–Trinajstić information content (AvgIpc) is 3.43. The molecule has 0 unspecified atom stereocenters. The quantitative estimate of drug-likeness (QED) is 0.539. The number of piperazine rings is 1. The number of carbonyl (C=O) groups excluding carboxylic acids is 2. The van der Waals surface area contributed by atoms with Gasteiger partial charge in [0.15, 0.2) is 0 Å². The molecule has 7 nitrogen and oxygen atoms in total. The van der Waals surface area contributed by atoms with Crippen molar-refractivity contribution in [3.8, 4) is 5.75 Å². The molecule has 3 amide bonds. The van der Waals surface area contributed by atoms with Crippen molar-refractivity contribution in [2.24, 2.45) is 5.92 Å². The molecule has 1 aliphatic heterocycles. The number of urea groups is 1. The highest BCUT2D eigenvalue weighted by atomic mass is 16.5. The first-order chi connectivity index (χ1) is 17.5. The Morgan fingerprint density at radius 2 is 1.64 bits per heavy atom. The van der Waals surface area contributed by atoms with Gasteiger partial charge in [0.2, 0.25) is 5.91 Å². The number of nitrogens with one attached hydrogen (secondary N) is 2. The van der Waals surface area contributed by atoms with Crippen LogP contribution in [0.2, 0.25) is 0 Å². The zero-order valence-electron chi connectivity index (χ0n) is 21.6. The van der Waals surface area contributed by atoms with Crippen LogP contribution in [-0.2, 0) is 11.2 Å². The maximum absolute atomic E-state index is 13.5. The minimum atomic E-state index is -0.113. The van der Waals surface area contributed by atoms with E-state index in [0.29, 0.717) is 32.1 Å². The third kappa shape index (κ3) is 7.00. The molecule has 2 aromatic rings. The van der Waals surface area contributed by atoms with Crippen LogP contribution in [0.3, 0.4) is 0 Å². The van der Waals surface area contributed by atoms with Crippen LogP contribution >= 0.6 is 0 Å². The van der Waals surface area contributed by atoms with Gasteiger partial charge in [0.25, 0.3) is 0 Å². The van der Waals surface area contributed by atoms with Crippen molar-refractivity contribution >= 4 is 17.6 Å². The summed E-state index contributed by atoms with van der Waals surface area (Å²) in [5, 5.41) is 6.29. The topological polar surface area (TPSA) is 73.9 Å². The van der Waals surface area contributed by atoms with Crippen LogP contribution in [0.4, 0.5) is 10.5 Å². The second-order valence-corrected chi connectivity index (χ2v) is 10.1. The van der Waals surface area contributed by atoms with Crippen molar-refractivity contribution in [3.63, 3.8) is 0 Å². The summed E-state index contributed by atoms with van der Waals surface area (Å²) < 4.78 is 5.18. The molecule has 2 aliphatic rings. The van der Waals surface area contributed by atoms with Gasteiger partial charge in [-0.3, -0.25) is 9.69 Å². The highest BCUT2D eigenvalue weighted by Gasteiger charge is 2.37. The van der Waals surface area contributed by atoms with E-state index in [1.54, 1.807) is 7.11 Å². The van der Waals surface area contributed by atoms with E-state index in [2.05, 4.69) is 46.7 Å². The first-order valence-electron chi connectivity index (χ1n) is 13.3. The standard InChI is InChI=1S/C29H40N4O3/c1-22(12-13-23-8-4-3-5-9-23)30-28(34)27(24-10-6-7-11-24)32-18-20-33(21-19-32)29(35)31-25-14-16-26(36-2)17-15-25/h3-5,8-9,14-17,22,24,27H,6-7,10-13,18-21H2,1-2H3,(H,30,34)(H,31,35)/t22-,27+/m0/s1. The van der Waals surface area contributed by atoms with Gasteiger partial charge in [0.05, 0.1) is 13.2 Å². The maximum Gasteiger partial charge on any atom is 0.321 e. The first-order valence-corrected chi connectivity index (χ1v) is 13.3. The minimum Gasteiger partial charge on any atom is -0.497 e. The van der Waals surface area contributed by atoms with Crippen molar-refractivity contribution in [2.45, 2.75) is 57.5 Å². The molecule has 1 aliphatic carbocycles. The average molecular weight is 493 g/mol. The molecular formula is C29H40N4O3. The monoisotopic (exact) mass is 492 g/mol. The fraction of sp³-hybridized carbons (Fsp3) is 0.517. The third-order valence-corrected chi connectivity index (χ3v) is 7.55. The van der Waals surface area contributed by atoms with E-state index in [4.69, 9.17) is 4.74 Å². The number of rotatable bonds is 9. The zero-order valence-corrected chi connectivity index (χ0v) is 21.6. The first kappa shape index (κ1) is 26.0. The smallest absolute Gasteiger partial charge is 0.321 e. The number of ether oxygens (including phenoxy) is 1. The van der Waals surface area contributed by atoms with Gasteiger partial charge in [-0.2, -0.15) is 0 Å². The van der Waals surface area contributed by atoms with E-state index < -0.39 is 0 Å². The number of carbonyl (C=O) groups is 2. The number of hydrogen-bond donors (Lipinski definition) is 2. The van der Waals surface area contributed by atoms with Gasteiger partial charge in [-0.05, 0) is 68.4 Å². The molecule has 4 rings (SSSR count). The maximum atomic E-state index is 13.5. The van der Waals surface area contributed by atoms with Gasteiger partial charge in [-0.1, -0.05) is 43.2 Å². The van der Waals surface area contributed by atoms with Crippen LogP contribution in [0.5, 0.6) is 5.75 Å². The second kappa shape index (κ2) is 12.8. The molecule has 2 aromatic carbocycles. The number of amides is 3. The van der Waals surface area contributed by atoms with Crippen LogP contribution in [0.15, 0.2) is 54.6 Å². The number of hydrogen-bond acceptors (Lipinski definition) is 4. The Balaban J connectivity index is 1.30. The lowest BCUT2D eigenvalue weighted by atomic mass is 9.94. The van der Waals surface area contributed by atoms with Crippen LogP contribution in [0.1, 0.15) is 44.6 Å². The fourth-order valence-corrected chi connectivity index (χ4v) is 5.46. The fourth-order valence-electron chi connectivity index (χ4n) is 5.46. The number of methoxy groups -OCH3 is 1. The second-order valence-electron chi connectivity index (χ2n) is 10.1. The molecule has 1 saturated carbocycles. The predicted molar refractivity (Wildman–Crippen MR) is 143 cm³/mol. The van der Waals surface area contributed by atoms with E-state index in [9.17, 15) is 9.59 Å². The third-order valence-electron chi connectivity index (χ3n) is 7.55. The summed E-state index contributed by atoms with van der Waals surface area (Å²) in [5.41, 5.74) is 2.05. The summed E-state index contributed by atoms with van der Waals surface area (Å²) in [6.07, 6.45) is 6.48.